The van der Waals surface area contributed by atoms with E-state index >= 15 is 0 Å². The number of nitrogen functional groups attached to an aromatic ring is 1. The first-order valence-electron chi connectivity index (χ1n) is 6.54. The molecule has 0 fully saturated rings. The number of aromatic nitrogens is 2. The molecule has 3 aromatic rings. The smallest absolute Gasteiger partial charge is 0.130 e. The first kappa shape index (κ1) is 13.1. The molecule has 0 saturated carbocycles. The lowest BCUT2D eigenvalue weighted by Crippen LogP contribution is -2.06. The van der Waals surface area contributed by atoms with E-state index in [1.165, 1.54) is 6.07 Å². The van der Waals surface area contributed by atoms with Gasteiger partial charge >= 0.3 is 0 Å². The maximum Gasteiger partial charge on any atom is 0.130 e. The molecule has 2 N–H and O–H groups in total. The lowest BCUT2D eigenvalue weighted by Gasteiger charge is -2.09. The molecule has 2 aromatic carbocycles. The summed E-state index contributed by atoms with van der Waals surface area (Å²) in [6.45, 7) is 0.323. The number of hydrogen-bond donors (Lipinski definition) is 1. The summed E-state index contributed by atoms with van der Waals surface area (Å²) >= 11 is 0. The van der Waals surface area contributed by atoms with Crippen LogP contribution in [0.15, 0.2) is 42.5 Å². The summed E-state index contributed by atoms with van der Waals surface area (Å²) in [6.07, 6.45) is 0.186. The van der Waals surface area contributed by atoms with Crippen LogP contribution in [0.2, 0.25) is 0 Å². The summed E-state index contributed by atoms with van der Waals surface area (Å²) in [5.74, 6) is 0.283. The Labute approximate surface area is 121 Å². The van der Waals surface area contributed by atoms with Gasteiger partial charge in [-0.2, -0.15) is 5.26 Å². The molecule has 4 nitrogen and oxygen atoms in total. The number of nitrogens with zero attached hydrogens (tertiary/aromatic N) is 3. The molecule has 0 spiro atoms. The van der Waals surface area contributed by atoms with E-state index in [1.807, 2.05) is 28.8 Å². The number of hydrogen-bond acceptors (Lipinski definition) is 3. The lowest BCUT2D eigenvalue weighted by molar-refractivity contribution is 0.599. The molecule has 0 amide bonds. The van der Waals surface area contributed by atoms with Crippen LogP contribution in [0.5, 0.6) is 0 Å². The molecule has 0 aliphatic heterocycles. The lowest BCUT2D eigenvalue weighted by atomic mass is 10.2. The van der Waals surface area contributed by atoms with Crippen LogP contribution in [0, 0.1) is 17.1 Å². The van der Waals surface area contributed by atoms with Gasteiger partial charge in [0.05, 0.1) is 30.1 Å². The minimum Gasteiger partial charge on any atom is -0.399 e. The van der Waals surface area contributed by atoms with Crippen molar-refractivity contribution in [1.82, 2.24) is 9.55 Å². The zero-order valence-electron chi connectivity index (χ0n) is 11.3. The summed E-state index contributed by atoms with van der Waals surface area (Å²) in [4.78, 5) is 4.44. The molecule has 104 valence electrons. The average Bonchev–Trinajstić information content (AvgIpc) is 2.80. The Morgan fingerprint density at radius 3 is 2.81 bits per heavy atom. The van der Waals surface area contributed by atoms with Crippen molar-refractivity contribution in [3.05, 3.63) is 59.7 Å². The molecule has 0 aliphatic rings. The molecule has 1 heterocycles. The van der Waals surface area contributed by atoms with Crippen LogP contribution in [-0.4, -0.2) is 9.55 Å². The van der Waals surface area contributed by atoms with Crippen molar-refractivity contribution < 1.29 is 4.39 Å². The first-order valence-corrected chi connectivity index (χ1v) is 6.54. The van der Waals surface area contributed by atoms with Gasteiger partial charge in [0.2, 0.25) is 0 Å². The van der Waals surface area contributed by atoms with E-state index in [9.17, 15) is 4.39 Å². The Bertz CT molecular complexity index is 845. The molecule has 0 bridgehead atoms. The standard InChI is InChI=1S/C16H13FN4/c17-13-9-12(19)6-5-11(13)10-21-15-4-2-1-3-14(15)20-16(21)7-8-18/h1-6,9H,7,10,19H2. The fourth-order valence-corrected chi connectivity index (χ4v) is 2.37. The third-order valence-electron chi connectivity index (χ3n) is 3.38. The third-order valence-corrected chi connectivity index (χ3v) is 3.38. The molecule has 21 heavy (non-hydrogen) atoms. The van der Waals surface area contributed by atoms with Crippen molar-refractivity contribution in [3.8, 4) is 6.07 Å². The van der Waals surface area contributed by atoms with Gasteiger partial charge < -0.3 is 10.3 Å². The highest BCUT2D eigenvalue weighted by Gasteiger charge is 2.12. The molecule has 1 aromatic heterocycles. The highest BCUT2D eigenvalue weighted by atomic mass is 19.1. The van der Waals surface area contributed by atoms with Crippen LogP contribution in [-0.2, 0) is 13.0 Å². The molecule has 0 radical (unpaired) electrons. The fraction of sp³-hybridized carbons (Fsp3) is 0.125. The van der Waals surface area contributed by atoms with Crippen molar-refractivity contribution in [2.24, 2.45) is 0 Å². The molecule has 3 rings (SSSR count). The van der Waals surface area contributed by atoms with Gasteiger partial charge in [-0.05, 0) is 24.3 Å². The predicted octanol–water partition coefficient (Wildman–Crippen LogP) is 2.87. The van der Waals surface area contributed by atoms with Crippen molar-refractivity contribution in [2.75, 3.05) is 5.73 Å². The molecule has 5 heteroatoms. The van der Waals surface area contributed by atoms with E-state index in [-0.39, 0.29) is 12.2 Å². The molecular formula is C16H13FN4. The van der Waals surface area contributed by atoms with Gasteiger partial charge in [0, 0.05) is 11.3 Å². The minimum atomic E-state index is -0.351. The zero-order chi connectivity index (χ0) is 14.8. The second-order valence-electron chi connectivity index (χ2n) is 4.79. The van der Waals surface area contributed by atoms with Gasteiger partial charge in [-0.1, -0.05) is 18.2 Å². The van der Waals surface area contributed by atoms with Gasteiger partial charge in [-0.25, -0.2) is 9.37 Å². The van der Waals surface area contributed by atoms with E-state index in [0.29, 0.717) is 23.6 Å². The van der Waals surface area contributed by atoms with Crippen LogP contribution in [0.3, 0.4) is 0 Å². The van der Waals surface area contributed by atoms with Crippen molar-refractivity contribution in [3.63, 3.8) is 0 Å². The normalized spacial score (nSPS) is 10.7. The number of para-hydroxylation sites is 2. The minimum absolute atomic E-state index is 0.186. The number of nitrogens with two attached hydrogens (primary N) is 1. The van der Waals surface area contributed by atoms with Gasteiger partial charge in [0.1, 0.15) is 11.6 Å². The number of benzene rings is 2. The van der Waals surface area contributed by atoms with Crippen LogP contribution in [0.4, 0.5) is 10.1 Å². The Morgan fingerprint density at radius 1 is 1.24 bits per heavy atom. The molecule has 0 aliphatic carbocycles. The van der Waals surface area contributed by atoms with Gasteiger partial charge in [-0.15, -0.1) is 0 Å². The second-order valence-corrected chi connectivity index (χ2v) is 4.79. The Balaban J connectivity index is 2.10. The van der Waals surface area contributed by atoms with Crippen molar-refractivity contribution >= 4 is 16.7 Å². The first-order chi connectivity index (χ1) is 10.2. The van der Waals surface area contributed by atoms with E-state index in [2.05, 4.69) is 11.1 Å². The summed E-state index contributed by atoms with van der Waals surface area (Å²) in [5.41, 5.74) is 8.17. The van der Waals surface area contributed by atoms with Gasteiger partial charge in [-0.3, -0.25) is 0 Å². The van der Waals surface area contributed by atoms with Gasteiger partial charge in [0.15, 0.2) is 0 Å². The summed E-state index contributed by atoms with van der Waals surface area (Å²) in [5, 5.41) is 8.93. The number of anilines is 1. The van der Waals surface area contributed by atoms with Crippen LogP contribution in [0.25, 0.3) is 11.0 Å². The Kier molecular flexibility index (Phi) is 3.28. The highest BCUT2D eigenvalue weighted by molar-refractivity contribution is 5.76. The third kappa shape index (κ3) is 2.43. The number of fused-ring (bicyclic) bond motifs is 1. The SMILES string of the molecule is N#CCc1nc2ccccc2n1Cc1ccc(N)cc1F. The van der Waals surface area contributed by atoms with Crippen molar-refractivity contribution in [1.29, 1.82) is 5.26 Å². The van der Waals surface area contributed by atoms with E-state index < -0.39 is 0 Å². The zero-order valence-corrected chi connectivity index (χ0v) is 11.3. The number of nitriles is 1. The highest BCUT2D eigenvalue weighted by Crippen LogP contribution is 2.20. The van der Waals surface area contributed by atoms with Crippen LogP contribution >= 0.6 is 0 Å². The van der Waals surface area contributed by atoms with Gasteiger partial charge in [0.25, 0.3) is 0 Å². The maximum atomic E-state index is 14.0. The Hall–Kier alpha value is -2.87. The van der Waals surface area contributed by atoms with Crippen LogP contribution < -0.4 is 5.73 Å². The van der Waals surface area contributed by atoms with E-state index in [4.69, 9.17) is 11.0 Å². The average molecular weight is 280 g/mol. The Morgan fingerprint density at radius 2 is 2.05 bits per heavy atom. The number of rotatable bonds is 3. The largest absolute Gasteiger partial charge is 0.399 e. The monoisotopic (exact) mass is 280 g/mol. The maximum absolute atomic E-state index is 14.0. The summed E-state index contributed by atoms with van der Waals surface area (Å²) < 4.78 is 15.8. The number of imidazole rings is 1. The predicted molar refractivity (Wildman–Crippen MR) is 79.0 cm³/mol. The molecular weight excluding hydrogens is 267 g/mol. The fourth-order valence-electron chi connectivity index (χ4n) is 2.37. The van der Waals surface area contributed by atoms with Crippen molar-refractivity contribution in [2.45, 2.75) is 13.0 Å². The second kappa shape index (κ2) is 5.25. The van der Waals surface area contributed by atoms with E-state index in [1.54, 1.807) is 12.1 Å². The van der Waals surface area contributed by atoms with E-state index in [0.717, 1.165) is 11.0 Å². The quantitative estimate of drug-likeness (QED) is 0.750. The summed E-state index contributed by atoms with van der Waals surface area (Å²) in [7, 11) is 0. The van der Waals surface area contributed by atoms with Crippen LogP contribution in [0.1, 0.15) is 11.4 Å². The molecule has 0 atom stereocenters. The topological polar surface area (TPSA) is 67.6 Å². The summed E-state index contributed by atoms with van der Waals surface area (Å²) in [6, 6.07) is 14.3. The molecule has 0 saturated heterocycles. The number of halogens is 1. The molecule has 0 unspecified atom stereocenters.